The maximum Gasteiger partial charge on any atom is 0.241 e. The molecule has 0 saturated carbocycles. The van der Waals surface area contributed by atoms with Gasteiger partial charge in [0.2, 0.25) is 17.6 Å². The minimum Gasteiger partial charge on any atom is -0.497 e. The van der Waals surface area contributed by atoms with Crippen LogP contribution in [0.4, 0.5) is 5.69 Å². The van der Waals surface area contributed by atoms with E-state index in [1.54, 1.807) is 7.11 Å². The Bertz CT molecular complexity index is 1040. The van der Waals surface area contributed by atoms with Gasteiger partial charge in [-0.25, -0.2) is 0 Å². The smallest absolute Gasteiger partial charge is 0.241 e. The van der Waals surface area contributed by atoms with Gasteiger partial charge in [0, 0.05) is 20.7 Å². The van der Waals surface area contributed by atoms with Crippen LogP contribution in [-0.4, -0.2) is 41.1 Å². The van der Waals surface area contributed by atoms with Crippen LogP contribution in [0.3, 0.4) is 0 Å². The highest BCUT2D eigenvalue weighted by molar-refractivity contribution is 14.1. The van der Waals surface area contributed by atoms with Gasteiger partial charge in [0.05, 0.1) is 13.7 Å². The number of carbonyl (C=O) groups is 1. The van der Waals surface area contributed by atoms with Gasteiger partial charge < -0.3 is 14.6 Å². The van der Waals surface area contributed by atoms with Gasteiger partial charge in [-0.1, -0.05) is 5.16 Å². The molecule has 1 aliphatic rings. The summed E-state index contributed by atoms with van der Waals surface area (Å²) >= 11 is 2.28. The monoisotopic (exact) mass is 532 g/mol. The average Bonchev–Trinajstić information content (AvgIpc) is 3.24. The summed E-state index contributed by atoms with van der Waals surface area (Å²) in [4.78, 5) is 19.5. The topological polar surface area (TPSA) is 80.5 Å². The van der Waals surface area contributed by atoms with Gasteiger partial charge in [-0.15, -0.1) is 0 Å². The SMILES string of the molecule is COc1ccc(-c2noc(CN3CCC(C(=O)Nc4ccc(I)cc4C)CC3)n2)cc1. The second-order valence-corrected chi connectivity index (χ2v) is 8.98. The number of carbonyl (C=O) groups excluding carboxylic acids is 1. The molecule has 31 heavy (non-hydrogen) atoms. The number of rotatable bonds is 6. The molecule has 1 N–H and O–H groups in total. The maximum atomic E-state index is 12.7. The summed E-state index contributed by atoms with van der Waals surface area (Å²) in [7, 11) is 1.64. The van der Waals surface area contributed by atoms with Crippen molar-refractivity contribution in [3.63, 3.8) is 0 Å². The predicted octanol–water partition coefficient (Wildman–Crippen LogP) is 4.51. The van der Waals surface area contributed by atoms with Gasteiger partial charge in [0.15, 0.2) is 0 Å². The number of methoxy groups -OCH3 is 1. The molecule has 1 aromatic heterocycles. The summed E-state index contributed by atoms with van der Waals surface area (Å²) in [5.74, 6) is 2.07. The van der Waals surface area contributed by atoms with Crippen molar-refractivity contribution in [3.8, 4) is 17.1 Å². The van der Waals surface area contributed by atoms with Crippen LogP contribution in [0.5, 0.6) is 5.75 Å². The Labute approximate surface area is 195 Å². The van der Waals surface area contributed by atoms with E-state index in [2.05, 4.69) is 49.0 Å². The third-order valence-corrected chi connectivity index (χ3v) is 6.25. The zero-order valence-electron chi connectivity index (χ0n) is 17.6. The number of likely N-dealkylation sites (tertiary alicyclic amines) is 1. The van der Waals surface area contributed by atoms with Crippen molar-refractivity contribution in [2.45, 2.75) is 26.3 Å². The first-order valence-corrected chi connectivity index (χ1v) is 11.4. The van der Waals surface area contributed by atoms with Crippen molar-refractivity contribution >= 4 is 34.2 Å². The van der Waals surface area contributed by atoms with Crippen LogP contribution in [0.1, 0.15) is 24.3 Å². The Morgan fingerprint density at radius 3 is 2.65 bits per heavy atom. The number of hydrogen-bond donors (Lipinski definition) is 1. The summed E-state index contributed by atoms with van der Waals surface area (Å²) in [5.41, 5.74) is 2.86. The number of anilines is 1. The van der Waals surface area contributed by atoms with E-state index < -0.39 is 0 Å². The number of piperidine rings is 1. The van der Waals surface area contributed by atoms with E-state index in [-0.39, 0.29) is 11.8 Å². The molecule has 2 heterocycles. The largest absolute Gasteiger partial charge is 0.497 e. The molecule has 1 saturated heterocycles. The van der Waals surface area contributed by atoms with Gasteiger partial charge in [0.25, 0.3) is 0 Å². The van der Waals surface area contributed by atoms with E-state index in [0.29, 0.717) is 18.3 Å². The van der Waals surface area contributed by atoms with Crippen LogP contribution in [-0.2, 0) is 11.3 Å². The molecule has 0 unspecified atom stereocenters. The lowest BCUT2D eigenvalue weighted by Crippen LogP contribution is -2.37. The first-order chi connectivity index (χ1) is 15.0. The Hall–Kier alpha value is -2.46. The number of aryl methyl sites for hydroxylation is 1. The van der Waals surface area contributed by atoms with Crippen LogP contribution in [0, 0.1) is 16.4 Å². The van der Waals surface area contributed by atoms with Crippen molar-refractivity contribution in [3.05, 3.63) is 57.5 Å². The molecule has 0 aliphatic carbocycles. The lowest BCUT2D eigenvalue weighted by molar-refractivity contribution is -0.121. The summed E-state index contributed by atoms with van der Waals surface area (Å²) in [5, 5.41) is 7.18. The molecule has 3 aromatic rings. The third kappa shape index (κ3) is 5.43. The van der Waals surface area contributed by atoms with E-state index in [1.165, 1.54) is 0 Å². The zero-order chi connectivity index (χ0) is 21.8. The van der Waals surface area contributed by atoms with Gasteiger partial charge in [-0.2, -0.15) is 4.98 Å². The van der Waals surface area contributed by atoms with Crippen molar-refractivity contribution < 1.29 is 14.1 Å². The molecule has 0 bridgehead atoms. The van der Waals surface area contributed by atoms with Gasteiger partial charge in [0.1, 0.15) is 5.75 Å². The number of nitrogens with zero attached hydrogens (tertiary/aromatic N) is 3. The minimum atomic E-state index is 0.0208. The van der Waals surface area contributed by atoms with Crippen molar-refractivity contribution in [2.75, 3.05) is 25.5 Å². The molecular weight excluding hydrogens is 507 g/mol. The summed E-state index contributed by atoms with van der Waals surface area (Å²) < 4.78 is 11.8. The first-order valence-electron chi connectivity index (χ1n) is 10.3. The van der Waals surface area contributed by atoms with E-state index in [0.717, 1.165) is 52.1 Å². The number of benzene rings is 2. The van der Waals surface area contributed by atoms with Gasteiger partial charge in [-0.3, -0.25) is 9.69 Å². The van der Waals surface area contributed by atoms with Crippen LogP contribution in [0.25, 0.3) is 11.4 Å². The Balaban J connectivity index is 1.29. The zero-order valence-corrected chi connectivity index (χ0v) is 19.8. The summed E-state index contributed by atoms with van der Waals surface area (Å²) in [6.07, 6.45) is 1.63. The molecule has 162 valence electrons. The quantitative estimate of drug-likeness (QED) is 0.471. The van der Waals surface area contributed by atoms with Crippen molar-refractivity contribution in [1.82, 2.24) is 15.0 Å². The summed E-state index contributed by atoms with van der Waals surface area (Å²) in [6, 6.07) is 13.6. The summed E-state index contributed by atoms with van der Waals surface area (Å²) in [6.45, 7) is 4.26. The fourth-order valence-corrected chi connectivity index (χ4v) is 4.37. The van der Waals surface area contributed by atoms with Crippen molar-refractivity contribution in [2.24, 2.45) is 5.92 Å². The molecular formula is C23H25IN4O3. The molecule has 4 rings (SSSR count). The molecule has 1 aliphatic heterocycles. The standard InChI is InChI=1S/C23H25IN4O3/c1-15-13-18(24)5-8-20(15)25-23(29)17-9-11-28(12-10-17)14-21-26-22(27-31-21)16-3-6-19(30-2)7-4-16/h3-8,13,17H,9-12,14H2,1-2H3,(H,25,29). The number of amides is 1. The molecule has 0 spiro atoms. The number of nitrogens with one attached hydrogen (secondary N) is 1. The minimum absolute atomic E-state index is 0.0208. The Morgan fingerprint density at radius 1 is 1.23 bits per heavy atom. The van der Waals surface area contributed by atoms with E-state index in [4.69, 9.17) is 9.26 Å². The number of ether oxygens (including phenoxy) is 1. The average molecular weight is 532 g/mol. The molecule has 1 amide bonds. The lowest BCUT2D eigenvalue weighted by Gasteiger charge is -2.30. The second-order valence-electron chi connectivity index (χ2n) is 7.74. The number of aromatic nitrogens is 2. The Morgan fingerprint density at radius 2 is 1.97 bits per heavy atom. The highest BCUT2D eigenvalue weighted by Gasteiger charge is 2.26. The van der Waals surface area contributed by atoms with Crippen LogP contribution in [0.2, 0.25) is 0 Å². The lowest BCUT2D eigenvalue weighted by atomic mass is 9.95. The predicted molar refractivity (Wildman–Crippen MR) is 127 cm³/mol. The van der Waals surface area contributed by atoms with Crippen LogP contribution >= 0.6 is 22.6 Å². The van der Waals surface area contributed by atoms with Gasteiger partial charge in [-0.05, 0) is 103 Å². The van der Waals surface area contributed by atoms with Crippen LogP contribution in [0.15, 0.2) is 47.0 Å². The molecule has 8 heteroatoms. The van der Waals surface area contributed by atoms with Gasteiger partial charge >= 0.3 is 0 Å². The van der Waals surface area contributed by atoms with E-state index >= 15 is 0 Å². The van der Waals surface area contributed by atoms with E-state index in [9.17, 15) is 4.79 Å². The first kappa shape index (κ1) is 21.8. The number of hydrogen-bond acceptors (Lipinski definition) is 6. The maximum absolute atomic E-state index is 12.7. The molecule has 0 radical (unpaired) electrons. The van der Waals surface area contributed by atoms with Crippen molar-refractivity contribution in [1.29, 1.82) is 0 Å². The molecule has 2 aromatic carbocycles. The highest BCUT2D eigenvalue weighted by atomic mass is 127. The fourth-order valence-electron chi connectivity index (χ4n) is 3.72. The van der Waals surface area contributed by atoms with E-state index in [1.807, 2.05) is 43.3 Å². The van der Waals surface area contributed by atoms with Crippen LogP contribution < -0.4 is 10.1 Å². The Kier molecular flexibility index (Phi) is 6.86. The molecule has 7 nitrogen and oxygen atoms in total. The fraction of sp³-hybridized carbons (Fsp3) is 0.348. The number of halogens is 1. The highest BCUT2D eigenvalue weighted by Crippen LogP contribution is 2.24. The normalized spacial score (nSPS) is 15.1. The molecule has 1 fully saturated rings. The second kappa shape index (κ2) is 9.78. The molecule has 0 atom stereocenters. The third-order valence-electron chi connectivity index (χ3n) is 5.58.